The number of rotatable bonds is 13. The van der Waals surface area contributed by atoms with E-state index in [0.717, 1.165) is 25.7 Å². The van der Waals surface area contributed by atoms with E-state index in [0.29, 0.717) is 38.7 Å². The molecule has 13 amide bonds. The molecule has 1 saturated carbocycles. The van der Waals surface area contributed by atoms with Gasteiger partial charge >= 0.3 is 18.2 Å². The quantitative estimate of drug-likeness (QED) is 0.0493. The number of hydrogen-bond acceptors (Lipinski definition) is 17. The molecule has 5 saturated heterocycles. The maximum Gasteiger partial charge on any atom is 0.407 e. The topological polar surface area (TPSA) is 364 Å². The van der Waals surface area contributed by atoms with Crippen molar-refractivity contribution in [2.45, 2.75) is 284 Å². The number of aliphatic hydroxyl groups is 1. The summed E-state index contributed by atoms with van der Waals surface area (Å²) in [6.07, 6.45) is 6.58. The molecule has 27 heteroatoms. The van der Waals surface area contributed by atoms with Gasteiger partial charge in [-0.25, -0.2) is 14.4 Å². The Bertz CT molecular complexity index is 2940. The van der Waals surface area contributed by atoms with Crippen molar-refractivity contribution in [3.8, 4) is 0 Å². The zero-order valence-electron chi connectivity index (χ0n) is 65.2. The van der Waals surface area contributed by atoms with Crippen molar-refractivity contribution >= 4 is 77.2 Å². The number of nitrogens with one attached hydrogen (secondary N) is 7. The second kappa shape index (κ2) is 35.4. The van der Waals surface area contributed by atoms with Crippen LogP contribution in [0.25, 0.3) is 0 Å². The van der Waals surface area contributed by atoms with E-state index in [-0.39, 0.29) is 145 Å². The Morgan fingerprint density at radius 3 is 1.44 bits per heavy atom. The van der Waals surface area contributed by atoms with Crippen molar-refractivity contribution in [1.29, 1.82) is 0 Å². The fourth-order valence-corrected chi connectivity index (χ4v) is 12.6. The maximum atomic E-state index is 14.4. The average molecular weight is 1430 g/mol. The van der Waals surface area contributed by atoms with E-state index in [9.17, 15) is 62.3 Å². The van der Waals surface area contributed by atoms with Crippen molar-refractivity contribution in [1.82, 2.24) is 51.9 Å². The third kappa shape index (κ3) is 29.0. The molecule has 0 radical (unpaired) electrons. The smallest absolute Gasteiger partial charge is 0.407 e. The van der Waals surface area contributed by atoms with E-state index in [1.807, 2.05) is 118 Å². The van der Waals surface area contributed by atoms with Gasteiger partial charge in [0.05, 0.1) is 37.4 Å². The number of fused-ring (bicyclic) bond motifs is 3. The highest BCUT2D eigenvalue weighted by Crippen LogP contribution is 2.65. The molecule has 0 aromatic rings. The SMILES string of the molecule is C=CCNC(=O)C(=O)[C@@H]1CCCCCCCOC[C@H](NC(=O)N[C@H](CN2C(=O)CC(C)(C)CC2=O)C(C)(C)C)C(=O)N2C[C@H]3[C@@H]([C@H]2C(=O)N1)C3(C)C.CC(C)(C)OC(=O)N[C@H](CO)C(C)(C)C.CC1(C)CC(=O)N(C[C@@H](NC(=O)OC(C)(C)C)C(C)(C)C)C(=O)C1.CC1(C)CC(=O)NC(=O)C1. The Kier molecular flexibility index (Phi) is 30.9. The second-order valence-corrected chi connectivity index (χ2v) is 36.2. The summed E-state index contributed by atoms with van der Waals surface area (Å²) in [5.41, 5.74) is -3.30. The minimum Gasteiger partial charge on any atom is -0.444 e. The number of amides is 13. The number of alkyl carbamates (subject to hydrolysis) is 2. The first-order chi connectivity index (χ1) is 45.9. The fraction of sp³-hybridized carbons (Fsp3) is 0.797. The van der Waals surface area contributed by atoms with E-state index in [2.05, 4.69) is 43.8 Å². The summed E-state index contributed by atoms with van der Waals surface area (Å²) < 4.78 is 16.3. The molecule has 1 aliphatic carbocycles. The number of Topliss-reactive ketones (excluding diaryl/α,β-unsaturated/α-hetero) is 1. The van der Waals surface area contributed by atoms with E-state index < -0.39 is 87.9 Å². The van der Waals surface area contributed by atoms with Gasteiger partial charge in [-0.3, -0.25) is 63.1 Å². The number of aliphatic hydroxyl groups excluding tert-OH is 1. The Balaban J connectivity index is 0.000000440. The van der Waals surface area contributed by atoms with Crippen molar-refractivity contribution in [2.24, 2.45) is 49.7 Å². The highest BCUT2D eigenvalue weighted by molar-refractivity contribution is 6.38. The van der Waals surface area contributed by atoms with Crippen molar-refractivity contribution in [3.05, 3.63) is 12.7 Å². The molecule has 0 aromatic carbocycles. The van der Waals surface area contributed by atoms with Crippen LogP contribution >= 0.6 is 0 Å². The summed E-state index contributed by atoms with van der Waals surface area (Å²) >= 11 is 0. The molecule has 101 heavy (non-hydrogen) atoms. The Hall–Kier alpha value is -7.03. The number of carbonyl (C=O) groups excluding carboxylic acids is 13. The van der Waals surface area contributed by atoms with Gasteiger partial charge in [0.2, 0.25) is 53.0 Å². The first-order valence-corrected chi connectivity index (χ1v) is 35.7. The van der Waals surface area contributed by atoms with Gasteiger partial charge in [-0.1, -0.05) is 149 Å². The van der Waals surface area contributed by atoms with Crippen LogP contribution in [0.15, 0.2) is 12.7 Å². The minimum absolute atomic E-state index is 0.0158. The number of nitrogens with zero attached hydrogens (tertiary/aromatic N) is 3. The number of ether oxygens (including phenoxy) is 3. The van der Waals surface area contributed by atoms with E-state index in [1.165, 1.54) is 20.8 Å². The summed E-state index contributed by atoms with van der Waals surface area (Å²) in [5.74, 6) is -3.95. The van der Waals surface area contributed by atoms with Crippen LogP contribution < -0.4 is 37.2 Å². The Morgan fingerprint density at radius 2 is 1.02 bits per heavy atom. The molecule has 8 N–H and O–H groups in total. The van der Waals surface area contributed by atoms with Crippen molar-refractivity contribution in [3.63, 3.8) is 0 Å². The molecule has 5 heterocycles. The standard InChI is InChI=1S/C38H60N6O8.C18H32N2O4.C11H23NO3.C7H11NO2/c1-9-16-39-33(49)31(47)24-15-13-11-10-12-14-17-52-22-25(34(50)44-20-23-29(38(23,7)8)30(44)32(48)40-24)41-35(51)42-26(36(2,3)4)21-43-27(45)18-37(5,6)19-28(43)46;1-16(2,3)12(19-15(23)24-17(4,5)6)11-20-13(21)9-18(7,8)10-14(20)22;1-10(2,3)8(7-13)12-9(14)15-11(4,5)6;1-7(2)3-5(9)8-6(10)4-7/h9,23-26,29-30H,1,10-22H2,2-8H3,(H,39,49)(H,40,48)(H2,41,42,51);12H,9-11H2,1-8H3,(H,19,23);8,13H,7H2,1-6H3,(H,12,14);3-4H2,1-2H3,(H,8,9,10)/t23-,24-,25-,26+,29-,30-;12-;8-;/m011./s1. The Morgan fingerprint density at radius 1 is 0.604 bits per heavy atom. The van der Waals surface area contributed by atoms with Gasteiger partial charge in [-0.15, -0.1) is 6.58 Å². The van der Waals surface area contributed by atoms with Gasteiger partial charge in [0.25, 0.3) is 5.91 Å². The number of hydrogen-bond donors (Lipinski definition) is 8. The first kappa shape index (κ1) is 88.2. The highest BCUT2D eigenvalue weighted by Gasteiger charge is 2.70. The summed E-state index contributed by atoms with van der Waals surface area (Å²) in [5, 5.41) is 27.9. The van der Waals surface area contributed by atoms with Crippen LogP contribution in [0, 0.1) is 49.7 Å². The molecule has 5 aliphatic heterocycles. The lowest BCUT2D eigenvalue weighted by molar-refractivity contribution is -0.155. The molecule has 0 unspecified atom stereocenters. The largest absolute Gasteiger partial charge is 0.444 e. The summed E-state index contributed by atoms with van der Waals surface area (Å²) in [7, 11) is 0. The number of urea groups is 1. The zero-order chi connectivity index (χ0) is 77.6. The molecule has 8 atom stereocenters. The van der Waals surface area contributed by atoms with E-state index >= 15 is 0 Å². The minimum atomic E-state index is -1.15. The lowest BCUT2D eigenvalue weighted by atomic mass is 9.80. The van der Waals surface area contributed by atoms with Gasteiger partial charge in [0.1, 0.15) is 23.3 Å². The molecular weight excluding hydrogens is 1300 g/mol. The third-order valence-corrected chi connectivity index (χ3v) is 18.7. The normalized spacial score (nSPS) is 24.2. The number of carbonyl (C=O) groups is 13. The van der Waals surface area contributed by atoms with Gasteiger partial charge in [-0.2, -0.15) is 0 Å². The Labute approximate surface area is 600 Å². The van der Waals surface area contributed by atoms with Crippen LogP contribution in [0.4, 0.5) is 14.4 Å². The van der Waals surface area contributed by atoms with Crippen molar-refractivity contribution in [2.75, 3.05) is 46.0 Å². The van der Waals surface area contributed by atoms with Crippen LogP contribution in [-0.2, 0) is 62.2 Å². The van der Waals surface area contributed by atoms with Crippen LogP contribution in [0.5, 0.6) is 0 Å². The molecule has 574 valence electrons. The monoisotopic (exact) mass is 1430 g/mol. The van der Waals surface area contributed by atoms with Gasteiger partial charge in [-0.05, 0) is 104 Å². The lowest BCUT2D eigenvalue weighted by Crippen LogP contribution is -2.61. The number of piperidine rings is 4. The summed E-state index contributed by atoms with van der Waals surface area (Å²) in [4.78, 5) is 168. The molecule has 0 aromatic heterocycles. The number of likely N-dealkylation sites (tertiary alicyclic amines) is 2. The molecule has 6 rings (SSSR count). The summed E-state index contributed by atoms with van der Waals surface area (Å²) in [6.45, 7) is 47.9. The molecule has 0 spiro atoms. The molecule has 27 nitrogen and oxygen atoms in total. The van der Waals surface area contributed by atoms with Gasteiger partial charge in [0.15, 0.2) is 0 Å². The number of imide groups is 3. The van der Waals surface area contributed by atoms with Crippen LogP contribution in [0.2, 0.25) is 0 Å². The summed E-state index contributed by atoms with van der Waals surface area (Å²) in [6, 6.07) is -5.11. The molecule has 6 aliphatic rings. The maximum absolute atomic E-state index is 14.4. The molecular formula is C74H126N10O17. The zero-order valence-corrected chi connectivity index (χ0v) is 65.2. The first-order valence-electron chi connectivity index (χ1n) is 35.7. The number of ketones is 1. The van der Waals surface area contributed by atoms with Crippen molar-refractivity contribution < 1.29 is 81.6 Å². The highest BCUT2D eigenvalue weighted by atomic mass is 16.6. The predicted octanol–water partition coefficient (Wildman–Crippen LogP) is 7.92. The van der Waals surface area contributed by atoms with Crippen LogP contribution in [0.1, 0.15) is 236 Å². The lowest BCUT2D eigenvalue weighted by Gasteiger charge is -2.40. The molecule has 6 fully saturated rings. The van der Waals surface area contributed by atoms with E-state index in [1.54, 1.807) is 41.5 Å². The third-order valence-electron chi connectivity index (χ3n) is 18.7. The van der Waals surface area contributed by atoms with E-state index in [4.69, 9.17) is 19.3 Å². The predicted molar refractivity (Wildman–Crippen MR) is 382 cm³/mol. The van der Waals surface area contributed by atoms with Crippen LogP contribution in [0.3, 0.4) is 0 Å². The second-order valence-electron chi connectivity index (χ2n) is 36.2. The molecule has 0 bridgehead atoms. The van der Waals surface area contributed by atoms with Crippen LogP contribution in [-0.4, -0.2) is 190 Å². The van der Waals surface area contributed by atoms with Gasteiger partial charge in [0, 0.05) is 71.3 Å². The van der Waals surface area contributed by atoms with Gasteiger partial charge < -0.3 is 56.1 Å². The fourth-order valence-electron chi connectivity index (χ4n) is 12.6. The average Bonchev–Trinajstić information content (AvgIpc) is 1.52.